The van der Waals surface area contributed by atoms with Gasteiger partial charge in [-0.2, -0.15) is 0 Å². The maximum atomic E-state index is 3.56. The average molecular weight is 226 g/mol. The van der Waals surface area contributed by atoms with E-state index in [1.165, 1.54) is 58.3 Å². The van der Waals surface area contributed by atoms with Crippen LogP contribution in [-0.2, 0) is 0 Å². The molecule has 1 fully saturated rings. The van der Waals surface area contributed by atoms with Crippen molar-refractivity contribution in [1.29, 1.82) is 0 Å². The summed E-state index contributed by atoms with van der Waals surface area (Å²) in [6.07, 6.45) is 6.86. The van der Waals surface area contributed by atoms with Crippen LogP contribution in [0.1, 0.15) is 52.9 Å². The smallest absolute Gasteiger partial charge is 0.00391 e. The molecule has 0 aromatic heterocycles. The summed E-state index contributed by atoms with van der Waals surface area (Å²) in [7, 11) is 0. The molecule has 1 rings (SSSR count). The number of hydrogen-bond donors (Lipinski definition) is 1. The van der Waals surface area contributed by atoms with Crippen molar-refractivity contribution in [2.24, 2.45) is 5.92 Å². The van der Waals surface area contributed by atoms with Gasteiger partial charge in [0.2, 0.25) is 0 Å². The van der Waals surface area contributed by atoms with Crippen molar-refractivity contribution in [3.05, 3.63) is 0 Å². The van der Waals surface area contributed by atoms with Gasteiger partial charge in [-0.15, -0.1) is 0 Å². The summed E-state index contributed by atoms with van der Waals surface area (Å²) in [4.78, 5) is 2.63. The molecule has 0 aromatic rings. The van der Waals surface area contributed by atoms with Gasteiger partial charge in [-0.3, -0.25) is 0 Å². The second-order valence-corrected chi connectivity index (χ2v) is 5.33. The predicted octanol–water partition coefficient (Wildman–Crippen LogP) is 2.89. The maximum Gasteiger partial charge on any atom is 0.00391 e. The Hall–Kier alpha value is -0.0800. The van der Waals surface area contributed by atoms with E-state index in [2.05, 4.69) is 31.0 Å². The van der Waals surface area contributed by atoms with E-state index in [0.717, 1.165) is 5.92 Å². The summed E-state index contributed by atoms with van der Waals surface area (Å²) in [5.74, 6) is 1.04. The molecule has 0 aromatic carbocycles. The van der Waals surface area contributed by atoms with E-state index in [-0.39, 0.29) is 0 Å². The molecule has 0 saturated heterocycles. The van der Waals surface area contributed by atoms with Crippen molar-refractivity contribution in [2.45, 2.75) is 58.9 Å². The number of rotatable bonds is 10. The summed E-state index contributed by atoms with van der Waals surface area (Å²) in [6.45, 7) is 11.9. The van der Waals surface area contributed by atoms with Gasteiger partial charge in [-0.05, 0) is 64.6 Å². The molecule has 0 radical (unpaired) electrons. The van der Waals surface area contributed by atoms with E-state index < -0.39 is 0 Å². The minimum Gasteiger partial charge on any atom is -0.314 e. The Morgan fingerprint density at radius 1 is 1.31 bits per heavy atom. The molecule has 1 aliphatic rings. The third-order valence-corrected chi connectivity index (χ3v) is 3.51. The SMILES string of the molecule is CCCNC(C)CCCN(CC)CC1CC1. The van der Waals surface area contributed by atoms with Crippen molar-refractivity contribution < 1.29 is 0 Å². The van der Waals surface area contributed by atoms with Crippen LogP contribution in [0.5, 0.6) is 0 Å². The lowest BCUT2D eigenvalue weighted by Crippen LogP contribution is -2.30. The van der Waals surface area contributed by atoms with Gasteiger partial charge >= 0.3 is 0 Å². The molecule has 0 aliphatic heterocycles. The summed E-state index contributed by atoms with van der Waals surface area (Å²) in [5, 5.41) is 3.56. The number of hydrogen-bond acceptors (Lipinski definition) is 2. The molecular weight excluding hydrogens is 196 g/mol. The molecule has 96 valence electrons. The van der Waals surface area contributed by atoms with Crippen molar-refractivity contribution in [2.75, 3.05) is 26.2 Å². The molecule has 1 aliphatic carbocycles. The summed E-state index contributed by atoms with van der Waals surface area (Å²) < 4.78 is 0. The molecule has 0 amide bonds. The number of nitrogens with one attached hydrogen (secondary N) is 1. The van der Waals surface area contributed by atoms with Crippen LogP contribution < -0.4 is 5.32 Å². The molecule has 1 unspecified atom stereocenters. The van der Waals surface area contributed by atoms with E-state index in [4.69, 9.17) is 0 Å². The minimum absolute atomic E-state index is 0.694. The van der Waals surface area contributed by atoms with Crippen LogP contribution in [0.15, 0.2) is 0 Å². The normalized spacial score (nSPS) is 18.0. The zero-order chi connectivity index (χ0) is 11.8. The van der Waals surface area contributed by atoms with E-state index in [9.17, 15) is 0 Å². The lowest BCUT2D eigenvalue weighted by atomic mass is 10.1. The second-order valence-electron chi connectivity index (χ2n) is 5.33. The molecule has 0 spiro atoms. The number of nitrogens with zero attached hydrogens (tertiary/aromatic N) is 1. The largest absolute Gasteiger partial charge is 0.314 e. The van der Waals surface area contributed by atoms with E-state index >= 15 is 0 Å². The van der Waals surface area contributed by atoms with Gasteiger partial charge in [0.1, 0.15) is 0 Å². The van der Waals surface area contributed by atoms with Crippen molar-refractivity contribution in [3.8, 4) is 0 Å². The highest BCUT2D eigenvalue weighted by Gasteiger charge is 2.23. The first-order chi connectivity index (χ1) is 7.76. The quantitative estimate of drug-likeness (QED) is 0.616. The zero-order valence-electron chi connectivity index (χ0n) is 11.5. The molecule has 0 bridgehead atoms. The maximum absolute atomic E-state index is 3.56. The van der Waals surface area contributed by atoms with E-state index in [1.54, 1.807) is 0 Å². The first-order valence-corrected chi connectivity index (χ1v) is 7.22. The molecule has 0 heterocycles. The highest BCUT2D eigenvalue weighted by molar-refractivity contribution is 4.77. The van der Waals surface area contributed by atoms with Crippen LogP contribution in [0, 0.1) is 5.92 Å². The fourth-order valence-corrected chi connectivity index (χ4v) is 2.16. The van der Waals surface area contributed by atoms with Gasteiger partial charge in [0.15, 0.2) is 0 Å². The van der Waals surface area contributed by atoms with Crippen LogP contribution in [0.25, 0.3) is 0 Å². The first kappa shape index (κ1) is 14.0. The molecule has 2 heteroatoms. The fraction of sp³-hybridized carbons (Fsp3) is 1.00. The van der Waals surface area contributed by atoms with Crippen LogP contribution in [-0.4, -0.2) is 37.1 Å². The summed E-state index contributed by atoms with van der Waals surface area (Å²) in [5.41, 5.74) is 0. The second kappa shape index (κ2) is 8.08. The van der Waals surface area contributed by atoms with Crippen LogP contribution >= 0.6 is 0 Å². The molecule has 1 saturated carbocycles. The molecule has 2 nitrogen and oxygen atoms in total. The molecule has 16 heavy (non-hydrogen) atoms. The topological polar surface area (TPSA) is 15.3 Å². The Morgan fingerprint density at radius 3 is 2.62 bits per heavy atom. The van der Waals surface area contributed by atoms with Crippen LogP contribution in [0.4, 0.5) is 0 Å². The minimum atomic E-state index is 0.694. The van der Waals surface area contributed by atoms with Gasteiger partial charge < -0.3 is 10.2 Å². The van der Waals surface area contributed by atoms with E-state index in [1.807, 2.05) is 0 Å². The predicted molar refractivity (Wildman–Crippen MR) is 71.8 cm³/mol. The first-order valence-electron chi connectivity index (χ1n) is 7.22. The Balaban J connectivity index is 1.98. The standard InChI is InChI=1S/C14H30N2/c1-4-10-15-13(3)7-6-11-16(5-2)12-14-8-9-14/h13-15H,4-12H2,1-3H3. The highest BCUT2D eigenvalue weighted by atomic mass is 15.1. The van der Waals surface area contributed by atoms with Gasteiger partial charge in [0, 0.05) is 12.6 Å². The molecular formula is C14H30N2. The Morgan fingerprint density at radius 2 is 2.06 bits per heavy atom. The third-order valence-electron chi connectivity index (χ3n) is 3.51. The fourth-order valence-electron chi connectivity index (χ4n) is 2.16. The monoisotopic (exact) mass is 226 g/mol. The van der Waals surface area contributed by atoms with Crippen LogP contribution in [0.3, 0.4) is 0 Å². The van der Waals surface area contributed by atoms with Crippen LogP contribution in [0.2, 0.25) is 0 Å². The Kier molecular flexibility index (Phi) is 7.06. The summed E-state index contributed by atoms with van der Waals surface area (Å²) in [6, 6.07) is 0.694. The van der Waals surface area contributed by atoms with Gasteiger partial charge in [-0.1, -0.05) is 13.8 Å². The molecule has 1 atom stereocenters. The van der Waals surface area contributed by atoms with Crippen molar-refractivity contribution >= 4 is 0 Å². The Labute approximate surface area is 102 Å². The van der Waals surface area contributed by atoms with Crippen molar-refractivity contribution in [1.82, 2.24) is 10.2 Å². The van der Waals surface area contributed by atoms with Gasteiger partial charge in [-0.25, -0.2) is 0 Å². The zero-order valence-corrected chi connectivity index (χ0v) is 11.5. The van der Waals surface area contributed by atoms with Gasteiger partial charge in [0.05, 0.1) is 0 Å². The average Bonchev–Trinajstić information content (AvgIpc) is 3.08. The van der Waals surface area contributed by atoms with Gasteiger partial charge in [0.25, 0.3) is 0 Å². The van der Waals surface area contributed by atoms with Crippen molar-refractivity contribution in [3.63, 3.8) is 0 Å². The lowest BCUT2D eigenvalue weighted by molar-refractivity contribution is 0.266. The molecule has 1 N–H and O–H groups in total. The summed E-state index contributed by atoms with van der Waals surface area (Å²) >= 11 is 0. The third kappa shape index (κ3) is 6.49. The highest BCUT2D eigenvalue weighted by Crippen LogP contribution is 2.29. The Bertz CT molecular complexity index is 166. The van der Waals surface area contributed by atoms with E-state index in [0.29, 0.717) is 6.04 Å². The lowest BCUT2D eigenvalue weighted by Gasteiger charge is -2.21.